The summed E-state index contributed by atoms with van der Waals surface area (Å²) in [5, 5.41) is 12.2. The maximum Gasteiger partial charge on any atom is 0.308 e. The summed E-state index contributed by atoms with van der Waals surface area (Å²) in [4.78, 5) is 23.7. The topological polar surface area (TPSA) is 92.9 Å². The van der Waals surface area contributed by atoms with E-state index in [4.69, 9.17) is 14.4 Å². The second kappa shape index (κ2) is 5.33. The number of carboxylic acids is 1. The summed E-state index contributed by atoms with van der Waals surface area (Å²) in [6.45, 7) is 1.62. The largest absolute Gasteiger partial charge is 0.481 e. The van der Waals surface area contributed by atoms with Crippen LogP contribution in [-0.2, 0) is 4.79 Å². The highest BCUT2D eigenvalue weighted by atomic mass is 16.5. The quantitative estimate of drug-likeness (QED) is 0.807. The Labute approximate surface area is 97.9 Å². The van der Waals surface area contributed by atoms with Crippen molar-refractivity contribution < 1.29 is 24.0 Å². The Balaban J connectivity index is 2.66. The molecule has 0 spiro atoms. The van der Waals surface area contributed by atoms with E-state index in [1.54, 1.807) is 0 Å². The first-order valence-corrected chi connectivity index (χ1v) is 4.94. The summed E-state index contributed by atoms with van der Waals surface area (Å²) in [6, 6.07) is 1.35. The average Bonchev–Trinajstić information content (AvgIpc) is 2.76. The maximum absolute atomic E-state index is 11.8. The van der Waals surface area contributed by atoms with Gasteiger partial charge in [0.1, 0.15) is 0 Å². The van der Waals surface area contributed by atoms with E-state index in [9.17, 15) is 9.59 Å². The third-order valence-corrected chi connectivity index (χ3v) is 2.22. The number of nitrogens with zero attached hydrogens (tertiary/aromatic N) is 2. The molecule has 1 rings (SSSR count). The number of amides is 1. The van der Waals surface area contributed by atoms with Crippen LogP contribution in [0, 0.1) is 5.92 Å². The molecule has 1 heterocycles. The predicted molar refractivity (Wildman–Crippen MR) is 56.8 cm³/mol. The van der Waals surface area contributed by atoms with Gasteiger partial charge >= 0.3 is 5.97 Å². The Morgan fingerprint density at radius 1 is 1.65 bits per heavy atom. The first-order chi connectivity index (χ1) is 7.95. The molecular weight excluding hydrogens is 228 g/mol. The zero-order valence-corrected chi connectivity index (χ0v) is 9.84. The SMILES string of the molecule is COc1cc(C(=O)N(C)CC(C)C(=O)O)on1. The van der Waals surface area contributed by atoms with Crippen LogP contribution in [0.2, 0.25) is 0 Å². The Morgan fingerprint density at radius 3 is 2.76 bits per heavy atom. The second-order valence-electron chi connectivity index (χ2n) is 3.66. The molecule has 17 heavy (non-hydrogen) atoms. The monoisotopic (exact) mass is 242 g/mol. The fourth-order valence-electron chi connectivity index (χ4n) is 1.22. The third-order valence-electron chi connectivity index (χ3n) is 2.22. The van der Waals surface area contributed by atoms with Crippen LogP contribution in [0.4, 0.5) is 0 Å². The van der Waals surface area contributed by atoms with Gasteiger partial charge in [-0.3, -0.25) is 9.59 Å². The Hall–Kier alpha value is -2.05. The smallest absolute Gasteiger partial charge is 0.308 e. The van der Waals surface area contributed by atoms with E-state index in [2.05, 4.69) is 5.16 Å². The van der Waals surface area contributed by atoms with Crippen molar-refractivity contribution in [2.45, 2.75) is 6.92 Å². The van der Waals surface area contributed by atoms with Gasteiger partial charge in [-0.1, -0.05) is 6.92 Å². The fraction of sp³-hybridized carbons (Fsp3) is 0.500. The number of aromatic nitrogens is 1. The molecule has 0 radical (unpaired) electrons. The molecule has 0 saturated heterocycles. The van der Waals surface area contributed by atoms with Crippen LogP contribution in [0.5, 0.6) is 5.88 Å². The molecule has 1 aromatic rings. The van der Waals surface area contributed by atoms with Gasteiger partial charge < -0.3 is 19.3 Å². The maximum atomic E-state index is 11.8. The molecule has 7 heteroatoms. The van der Waals surface area contributed by atoms with Crippen LogP contribution in [0.1, 0.15) is 17.5 Å². The zero-order chi connectivity index (χ0) is 13.0. The van der Waals surface area contributed by atoms with Crippen LogP contribution < -0.4 is 4.74 Å². The van der Waals surface area contributed by atoms with E-state index in [0.29, 0.717) is 0 Å². The molecule has 0 saturated carbocycles. The first-order valence-electron chi connectivity index (χ1n) is 4.94. The third kappa shape index (κ3) is 3.20. The Kier molecular flexibility index (Phi) is 4.08. The molecule has 0 aliphatic carbocycles. The van der Waals surface area contributed by atoms with Crippen molar-refractivity contribution in [2.24, 2.45) is 5.92 Å². The van der Waals surface area contributed by atoms with E-state index in [1.807, 2.05) is 0 Å². The van der Waals surface area contributed by atoms with Gasteiger partial charge in [0.2, 0.25) is 5.76 Å². The van der Waals surface area contributed by atoms with Crippen molar-refractivity contribution in [1.82, 2.24) is 10.1 Å². The van der Waals surface area contributed by atoms with Crippen LogP contribution in [0.25, 0.3) is 0 Å². The number of rotatable bonds is 5. The summed E-state index contributed by atoms with van der Waals surface area (Å²) in [5.41, 5.74) is 0. The number of aliphatic carboxylic acids is 1. The van der Waals surface area contributed by atoms with Gasteiger partial charge in [-0.2, -0.15) is 0 Å². The summed E-state index contributed by atoms with van der Waals surface area (Å²) < 4.78 is 9.54. The summed E-state index contributed by atoms with van der Waals surface area (Å²) in [6.07, 6.45) is 0. The molecule has 0 fully saturated rings. The van der Waals surface area contributed by atoms with Gasteiger partial charge in [-0.15, -0.1) is 0 Å². The van der Waals surface area contributed by atoms with Crippen LogP contribution >= 0.6 is 0 Å². The molecule has 1 amide bonds. The average molecular weight is 242 g/mol. The van der Waals surface area contributed by atoms with Crippen molar-refractivity contribution in [1.29, 1.82) is 0 Å². The molecule has 1 N–H and O–H groups in total. The first kappa shape index (κ1) is 13.0. The molecule has 0 aliphatic rings. The van der Waals surface area contributed by atoms with Crippen molar-refractivity contribution >= 4 is 11.9 Å². The van der Waals surface area contributed by atoms with Gasteiger partial charge in [-0.25, -0.2) is 0 Å². The number of hydrogen-bond donors (Lipinski definition) is 1. The standard InChI is InChI=1S/C10H14N2O5/c1-6(10(14)15)5-12(2)9(13)7-4-8(16-3)11-17-7/h4,6H,5H2,1-3H3,(H,14,15). The molecule has 1 atom stereocenters. The fourth-order valence-corrected chi connectivity index (χ4v) is 1.22. The number of carbonyl (C=O) groups excluding carboxylic acids is 1. The van der Waals surface area contributed by atoms with Gasteiger partial charge in [0.25, 0.3) is 11.8 Å². The summed E-state index contributed by atoms with van der Waals surface area (Å²) in [7, 11) is 2.90. The number of hydrogen-bond acceptors (Lipinski definition) is 5. The minimum absolute atomic E-state index is 0.0157. The Bertz CT molecular complexity index is 415. The lowest BCUT2D eigenvalue weighted by molar-refractivity contribution is -0.141. The molecule has 94 valence electrons. The van der Waals surface area contributed by atoms with Crippen LogP contribution in [0.15, 0.2) is 10.6 Å². The lowest BCUT2D eigenvalue weighted by Gasteiger charge is -2.17. The summed E-state index contributed by atoms with van der Waals surface area (Å²) in [5.74, 6) is -1.82. The van der Waals surface area contributed by atoms with Crippen molar-refractivity contribution in [3.63, 3.8) is 0 Å². The number of carbonyl (C=O) groups is 2. The molecule has 1 aromatic heterocycles. The van der Waals surface area contributed by atoms with Gasteiger partial charge in [0.05, 0.1) is 19.1 Å². The molecule has 1 unspecified atom stereocenters. The van der Waals surface area contributed by atoms with Gasteiger partial charge in [-0.05, 0) is 5.16 Å². The molecular formula is C10H14N2O5. The minimum Gasteiger partial charge on any atom is -0.481 e. The Morgan fingerprint density at radius 2 is 2.29 bits per heavy atom. The van der Waals surface area contributed by atoms with E-state index in [1.165, 1.54) is 32.0 Å². The van der Waals surface area contributed by atoms with Crippen molar-refractivity contribution in [3.05, 3.63) is 11.8 Å². The van der Waals surface area contributed by atoms with Crippen molar-refractivity contribution in [3.8, 4) is 5.88 Å². The lowest BCUT2D eigenvalue weighted by atomic mass is 10.2. The number of ether oxygens (including phenoxy) is 1. The number of methoxy groups -OCH3 is 1. The molecule has 0 aromatic carbocycles. The molecule has 0 bridgehead atoms. The van der Waals surface area contributed by atoms with E-state index in [-0.39, 0.29) is 18.2 Å². The molecule has 0 aliphatic heterocycles. The predicted octanol–water partition coefficient (Wildman–Crippen LogP) is 0.476. The minimum atomic E-state index is -0.959. The number of carboxylic acid groups (broad SMARTS) is 1. The highest BCUT2D eigenvalue weighted by Gasteiger charge is 2.21. The van der Waals surface area contributed by atoms with E-state index in [0.717, 1.165) is 0 Å². The van der Waals surface area contributed by atoms with Crippen LogP contribution in [-0.4, -0.2) is 47.7 Å². The molecule has 7 nitrogen and oxygen atoms in total. The van der Waals surface area contributed by atoms with Gasteiger partial charge in [0.15, 0.2) is 0 Å². The van der Waals surface area contributed by atoms with Gasteiger partial charge in [0, 0.05) is 13.6 Å². The van der Waals surface area contributed by atoms with Crippen molar-refractivity contribution in [2.75, 3.05) is 20.7 Å². The zero-order valence-electron chi connectivity index (χ0n) is 9.84. The van der Waals surface area contributed by atoms with E-state index < -0.39 is 17.8 Å². The highest BCUT2D eigenvalue weighted by Crippen LogP contribution is 2.13. The summed E-state index contributed by atoms with van der Waals surface area (Å²) >= 11 is 0. The second-order valence-corrected chi connectivity index (χ2v) is 3.66. The normalized spacial score (nSPS) is 11.9. The highest BCUT2D eigenvalue weighted by molar-refractivity contribution is 5.91. The lowest BCUT2D eigenvalue weighted by Crippen LogP contribution is -2.33. The van der Waals surface area contributed by atoms with E-state index >= 15 is 0 Å². The van der Waals surface area contributed by atoms with Crippen LogP contribution in [0.3, 0.4) is 0 Å².